The van der Waals surface area contributed by atoms with Gasteiger partial charge in [0.2, 0.25) is 5.88 Å². The van der Waals surface area contributed by atoms with Crippen LogP contribution in [0.3, 0.4) is 0 Å². The van der Waals surface area contributed by atoms with Crippen LogP contribution in [0.1, 0.15) is 10.4 Å². The molecule has 0 fully saturated rings. The van der Waals surface area contributed by atoms with Crippen molar-refractivity contribution in [1.29, 1.82) is 0 Å². The van der Waals surface area contributed by atoms with Gasteiger partial charge in [0, 0.05) is 35.9 Å². The zero-order valence-electron chi connectivity index (χ0n) is 11.0. The molecule has 0 aliphatic carbocycles. The number of carbonyl (C=O) groups is 1. The summed E-state index contributed by atoms with van der Waals surface area (Å²) in [7, 11) is 0. The SMILES string of the molecule is O=Cc1ccc(Oc2nccnc2-c2ccncc2)cc1. The van der Waals surface area contributed by atoms with Gasteiger partial charge in [0.25, 0.3) is 0 Å². The predicted octanol–water partition coefficient (Wildman–Crippen LogP) is 3.14. The van der Waals surface area contributed by atoms with Crippen LogP contribution >= 0.6 is 0 Å². The lowest BCUT2D eigenvalue weighted by Gasteiger charge is -2.08. The number of hydrogen-bond acceptors (Lipinski definition) is 5. The number of rotatable bonds is 4. The lowest BCUT2D eigenvalue weighted by Crippen LogP contribution is -1.94. The summed E-state index contributed by atoms with van der Waals surface area (Å²) in [5.41, 5.74) is 2.10. The van der Waals surface area contributed by atoms with E-state index < -0.39 is 0 Å². The van der Waals surface area contributed by atoms with Crippen molar-refractivity contribution in [2.24, 2.45) is 0 Å². The Balaban J connectivity index is 1.93. The molecule has 3 rings (SSSR count). The minimum Gasteiger partial charge on any atom is -0.437 e. The fourth-order valence-electron chi connectivity index (χ4n) is 1.83. The topological polar surface area (TPSA) is 65.0 Å². The second-order valence-electron chi connectivity index (χ2n) is 4.23. The van der Waals surface area contributed by atoms with Gasteiger partial charge in [0.05, 0.1) is 0 Å². The van der Waals surface area contributed by atoms with Crippen LogP contribution in [-0.2, 0) is 0 Å². The lowest BCUT2D eigenvalue weighted by atomic mass is 10.2. The molecule has 2 aromatic heterocycles. The highest BCUT2D eigenvalue weighted by atomic mass is 16.5. The van der Waals surface area contributed by atoms with Gasteiger partial charge in [-0.3, -0.25) is 9.78 Å². The standard InChI is InChI=1S/C16H11N3O2/c20-11-12-1-3-14(4-2-12)21-16-15(18-9-10-19-16)13-5-7-17-8-6-13/h1-11H. The van der Waals surface area contributed by atoms with Crippen molar-refractivity contribution < 1.29 is 9.53 Å². The Kier molecular flexibility index (Phi) is 3.64. The van der Waals surface area contributed by atoms with E-state index in [9.17, 15) is 4.79 Å². The number of nitrogens with zero attached hydrogens (tertiary/aromatic N) is 3. The summed E-state index contributed by atoms with van der Waals surface area (Å²) < 4.78 is 5.75. The van der Waals surface area contributed by atoms with Crippen LogP contribution in [0.5, 0.6) is 11.6 Å². The van der Waals surface area contributed by atoms with Gasteiger partial charge in [0.15, 0.2) is 0 Å². The molecule has 0 bridgehead atoms. The Morgan fingerprint density at radius 1 is 0.857 bits per heavy atom. The third-order valence-electron chi connectivity index (χ3n) is 2.85. The average Bonchev–Trinajstić information content (AvgIpc) is 2.57. The predicted molar refractivity (Wildman–Crippen MR) is 77.2 cm³/mol. The summed E-state index contributed by atoms with van der Waals surface area (Å²) in [5, 5.41) is 0. The van der Waals surface area contributed by atoms with Gasteiger partial charge in [-0.2, -0.15) is 0 Å². The number of ether oxygens (including phenoxy) is 1. The summed E-state index contributed by atoms with van der Waals surface area (Å²) in [5.74, 6) is 0.999. The van der Waals surface area contributed by atoms with Gasteiger partial charge in [-0.25, -0.2) is 9.97 Å². The summed E-state index contributed by atoms with van der Waals surface area (Å²) in [4.78, 5) is 23.2. The summed E-state index contributed by atoms with van der Waals surface area (Å²) in [6.45, 7) is 0. The second kappa shape index (κ2) is 5.92. The molecule has 0 saturated heterocycles. The van der Waals surface area contributed by atoms with E-state index in [1.807, 2.05) is 12.1 Å². The van der Waals surface area contributed by atoms with Crippen LogP contribution in [-0.4, -0.2) is 21.2 Å². The molecule has 3 aromatic rings. The van der Waals surface area contributed by atoms with Crippen LogP contribution in [0.25, 0.3) is 11.3 Å². The molecule has 5 heteroatoms. The van der Waals surface area contributed by atoms with Crippen LogP contribution < -0.4 is 4.74 Å². The minimum absolute atomic E-state index is 0.405. The fraction of sp³-hybridized carbons (Fsp3) is 0. The van der Waals surface area contributed by atoms with Crippen molar-refractivity contribution in [3.8, 4) is 22.9 Å². The van der Waals surface area contributed by atoms with Gasteiger partial charge in [0.1, 0.15) is 17.7 Å². The molecule has 0 aliphatic heterocycles. The second-order valence-corrected chi connectivity index (χ2v) is 4.23. The zero-order chi connectivity index (χ0) is 14.5. The van der Waals surface area contributed by atoms with Crippen molar-refractivity contribution in [2.75, 3.05) is 0 Å². The monoisotopic (exact) mass is 277 g/mol. The van der Waals surface area contributed by atoms with Crippen molar-refractivity contribution >= 4 is 6.29 Å². The summed E-state index contributed by atoms with van der Waals surface area (Å²) >= 11 is 0. The highest BCUT2D eigenvalue weighted by molar-refractivity contribution is 5.74. The molecule has 1 aromatic carbocycles. The third-order valence-corrected chi connectivity index (χ3v) is 2.85. The highest BCUT2D eigenvalue weighted by Crippen LogP contribution is 2.28. The van der Waals surface area contributed by atoms with Gasteiger partial charge < -0.3 is 4.74 Å². The molecule has 0 amide bonds. The molecule has 5 nitrogen and oxygen atoms in total. The van der Waals surface area contributed by atoms with Crippen LogP contribution in [0.15, 0.2) is 61.2 Å². The maximum Gasteiger partial charge on any atom is 0.246 e. The Labute approximate surface area is 121 Å². The van der Waals surface area contributed by atoms with E-state index in [2.05, 4.69) is 15.0 Å². The lowest BCUT2D eigenvalue weighted by molar-refractivity contribution is 0.112. The molecule has 0 spiro atoms. The number of carbonyl (C=O) groups excluding carboxylic acids is 1. The Bertz CT molecular complexity index is 743. The number of benzene rings is 1. The van der Waals surface area contributed by atoms with Crippen molar-refractivity contribution in [1.82, 2.24) is 15.0 Å². The van der Waals surface area contributed by atoms with Crippen molar-refractivity contribution in [3.63, 3.8) is 0 Å². The number of pyridine rings is 1. The van der Waals surface area contributed by atoms with Crippen LogP contribution in [0.4, 0.5) is 0 Å². The van der Waals surface area contributed by atoms with Gasteiger partial charge >= 0.3 is 0 Å². The first-order chi connectivity index (χ1) is 10.4. The number of hydrogen-bond donors (Lipinski definition) is 0. The Morgan fingerprint density at radius 3 is 2.29 bits per heavy atom. The summed E-state index contributed by atoms with van der Waals surface area (Å²) in [6, 6.07) is 10.5. The van der Waals surface area contributed by atoms with E-state index in [1.54, 1.807) is 49.1 Å². The van der Waals surface area contributed by atoms with E-state index in [4.69, 9.17) is 4.74 Å². The first-order valence-electron chi connectivity index (χ1n) is 6.31. The van der Waals surface area contributed by atoms with Gasteiger partial charge in [-0.15, -0.1) is 0 Å². The number of aldehydes is 1. The smallest absolute Gasteiger partial charge is 0.246 e. The Hall–Kier alpha value is -3.08. The summed E-state index contributed by atoms with van der Waals surface area (Å²) in [6.07, 6.45) is 7.34. The molecule has 0 unspecified atom stereocenters. The first-order valence-corrected chi connectivity index (χ1v) is 6.31. The van der Waals surface area contributed by atoms with E-state index in [1.165, 1.54) is 0 Å². The van der Waals surface area contributed by atoms with Crippen LogP contribution in [0, 0.1) is 0 Å². The molecular formula is C16H11N3O2. The number of aromatic nitrogens is 3. The van der Waals surface area contributed by atoms with E-state index in [0.29, 0.717) is 22.9 Å². The molecule has 0 N–H and O–H groups in total. The average molecular weight is 277 g/mol. The van der Waals surface area contributed by atoms with Crippen molar-refractivity contribution in [2.45, 2.75) is 0 Å². The van der Waals surface area contributed by atoms with Crippen LogP contribution in [0.2, 0.25) is 0 Å². The fourth-order valence-corrected chi connectivity index (χ4v) is 1.83. The largest absolute Gasteiger partial charge is 0.437 e. The molecule has 0 aliphatic rings. The molecule has 102 valence electrons. The molecular weight excluding hydrogens is 266 g/mol. The minimum atomic E-state index is 0.405. The van der Waals surface area contributed by atoms with E-state index >= 15 is 0 Å². The van der Waals surface area contributed by atoms with E-state index in [0.717, 1.165) is 11.8 Å². The molecule has 2 heterocycles. The normalized spacial score (nSPS) is 10.1. The maximum atomic E-state index is 10.6. The van der Waals surface area contributed by atoms with Gasteiger partial charge in [-0.05, 0) is 36.4 Å². The Morgan fingerprint density at radius 2 is 1.57 bits per heavy atom. The molecule has 0 radical (unpaired) electrons. The highest BCUT2D eigenvalue weighted by Gasteiger charge is 2.10. The third kappa shape index (κ3) is 2.92. The first kappa shape index (κ1) is 12.9. The maximum absolute atomic E-state index is 10.6. The molecule has 21 heavy (non-hydrogen) atoms. The van der Waals surface area contributed by atoms with E-state index in [-0.39, 0.29) is 0 Å². The molecule has 0 atom stereocenters. The van der Waals surface area contributed by atoms with Gasteiger partial charge in [-0.1, -0.05) is 0 Å². The molecule has 0 saturated carbocycles. The quantitative estimate of drug-likeness (QED) is 0.685. The van der Waals surface area contributed by atoms with Crippen molar-refractivity contribution in [3.05, 3.63) is 66.7 Å². The zero-order valence-corrected chi connectivity index (χ0v) is 11.0.